The standard InChI is InChI=1S/C21H17NO2/c23-20-18-13-8-9-14(16-10-15(13)16)19(18)21(24)22(20)17-7-3-5-11-4-1-2-6-12(11)17/h1-9,13-16,18-19H,10H2/t13-,14-,15-,16+,18-,19-/m1/s1. The van der Waals surface area contributed by atoms with Crippen LogP contribution in [0.25, 0.3) is 10.8 Å². The van der Waals surface area contributed by atoms with Gasteiger partial charge in [-0.05, 0) is 41.5 Å². The van der Waals surface area contributed by atoms with Crippen molar-refractivity contribution in [1.29, 1.82) is 0 Å². The monoisotopic (exact) mass is 315 g/mol. The third-order valence-corrected chi connectivity index (χ3v) is 6.67. The zero-order chi connectivity index (χ0) is 16.0. The number of rotatable bonds is 1. The number of benzene rings is 2. The minimum Gasteiger partial charge on any atom is -0.274 e. The van der Waals surface area contributed by atoms with E-state index in [1.807, 2.05) is 42.5 Å². The first kappa shape index (κ1) is 12.9. The van der Waals surface area contributed by atoms with E-state index in [0.717, 1.165) is 16.5 Å². The predicted octanol–water partition coefficient (Wildman–Crippen LogP) is 3.40. The Kier molecular flexibility index (Phi) is 2.24. The van der Waals surface area contributed by atoms with Crippen LogP contribution in [0.15, 0.2) is 54.6 Å². The fourth-order valence-electron chi connectivity index (χ4n) is 5.60. The third-order valence-electron chi connectivity index (χ3n) is 6.67. The largest absolute Gasteiger partial charge is 0.274 e. The van der Waals surface area contributed by atoms with Crippen LogP contribution in [0, 0.1) is 35.5 Å². The number of imide groups is 1. The number of anilines is 1. The van der Waals surface area contributed by atoms with Crippen molar-refractivity contribution in [3.8, 4) is 0 Å². The lowest BCUT2D eigenvalue weighted by Gasteiger charge is -2.37. The van der Waals surface area contributed by atoms with Gasteiger partial charge in [-0.2, -0.15) is 0 Å². The molecule has 4 aliphatic carbocycles. The molecule has 3 fully saturated rings. The SMILES string of the molecule is O=C1[C@@H]2[C@@H]3C=C[C@H]([C@@H]4C[C@H]34)[C@H]2C(=O)N1c1cccc2ccccc12. The van der Waals surface area contributed by atoms with Gasteiger partial charge in [0, 0.05) is 5.39 Å². The Morgan fingerprint density at radius 2 is 1.42 bits per heavy atom. The summed E-state index contributed by atoms with van der Waals surface area (Å²) in [6.07, 6.45) is 5.64. The third kappa shape index (κ3) is 1.40. The van der Waals surface area contributed by atoms with Gasteiger partial charge in [-0.25, -0.2) is 4.90 Å². The van der Waals surface area contributed by atoms with Crippen LogP contribution in [0.3, 0.4) is 0 Å². The summed E-state index contributed by atoms with van der Waals surface area (Å²) in [5, 5.41) is 2.04. The molecule has 1 heterocycles. The van der Waals surface area contributed by atoms with E-state index >= 15 is 0 Å². The minimum atomic E-state index is -0.129. The molecule has 6 atom stereocenters. The summed E-state index contributed by atoms with van der Waals surface area (Å²) < 4.78 is 0. The van der Waals surface area contributed by atoms with Gasteiger partial charge in [0.25, 0.3) is 0 Å². The van der Waals surface area contributed by atoms with Crippen LogP contribution in [-0.2, 0) is 9.59 Å². The number of hydrogen-bond acceptors (Lipinski definition) is 2. The molecule has 2 amide bonds. The number of nitrogens with zero attached hydrogens (tertiary/aromatic N) is 1. The average Bonchev–Trinajstić information content (AvgIpc) is 3.39. The Bertz CT molecular complexity index is 905. The first-order chi connectivity index (χ1) is 11.8. The molecule has 0 spiro atoms. The highest BCUT2D eigenvalue weighted by Gasteiger charge is 2.67. The second-order valence-corrected chi connectivity index (χ2v) is 7.66. The molecule has 3 heteroatoms. The molecule has 1 aliphatic heterocycles. The number of fused-ring (bicyclic) bond motifs is 1. The van der Waals surface area contributed by atoms with Gasteiger partial charge >= 0.3 is 0 Å². The van der Waals surface area contributed by atoms with Crippen LogP contribution < -0.4 is 4.90 Å². The van der Waals surface area contributed by atoms with E-state index in [1.165, 1.54) is 11.3 Å². The van der Waals surface area contributed by atoms with Crippen molar-refractivity contribution < 1.29 is 9.59 Å². The number of hydrogen-bond donors (Lipinski definition) is 0. The van der Waals surface area contributed by atoms with Gasteiger partial charge in [0.05, 0.1) is 17.5 Å². The Morgan fingerprint density at radius 3 is 2.12 bits per heavy atom. The van der Waals surface area contributed by atoms with Gasteiger partial charge in [-0.3, -0.25) is 9.59 Å². The van der Waals surface area contributed by atoms with E-state index in [4.69, 9.17) is 0 Å². The number of carbonyl (C=O) groups excluding carboxylic acids is 2. The zero-order valence-electron chi connectivity index (χ0n) is 13.1. The highest BCUT2D eigenvalue weighted by Crippen LogP contribution is 2.65. The first-order valence-electron chi connectivity index (χ1n) is 8.79. The van der Waals surface area contributed by atoms with Crippen molar-refractivity contribution >= 4 is 28.3 Å². The molecule has 2 aromatic rings. The average molecular weight is 315 g/mol. The molecule has 2 bridgehead atoms. The molecule has 2 aromatic carbocycles. The fraction of sp³-hybridized carbons (Fsp3) is 0.333. The zero-order valence-corrected chi connectivity index (χ0v) is 13.1. The molecule has 2 saturated carbocycles. The van der Waals surface area contributed by atoms with Gasteiger partial charge in [0.1, 0.15) is 0 Å². The summed E-state index contributed by atoms with van der Waals surface area (Å²) in [4.78, 5) is 27.9. The van der Waals surface area contributed by atoms with Crippen LogP contribution in [0.1, 0.15) is 6.42 Å². The van der Waals surface area contributed by atoms with Crippen LogP contribution in [-0.4, -0.2) is 11.8 Å². The quantitative estimate of drug-likeness (QED) is 0.597. The van der Waals surface area contributed by atoms with Crippen molar-refractivity contribution in [2.24, 2.45) is 35.5 Å². The second-order valence-electron chi connectivity index (χ2n) is 7.66. The van der Waals surface area contributed by atoms with Crippen LogP contribution in [0.2, 0.25) is 0 Å². The van der Waals surface area contributed by atoms with E-state index < -0.39 is 0 Å². The van der Waals surface area contributed by atoms with E-state index in [1.54, 1.807) is 0 Å². The molecule has 24 heavy (non-hydrogen) atoms. The minimum absolute atomic E-state index is 0.0195. The normalized spacial score (nSPS) is 38.6. The maximum Gasteiger partial charge on any atom is 0.238 e. The van der Waals surface area contributed by atoms with Crippen molar-refractivity contribution in [2.75, 3.05) is 4.90 Å². The highest BCUT2D eigenvalue weighted by atomic mass is 16.2. The van der Waals surface area contributed by atoms with Crippen molar-refractivity contribution in [2.45, 2.75) is 6.42 Å². The Hall–Kier alpha value is -2.42. The molecule has 7 rings (SSSR count). The molecular formula is C21H17NO2. The van der Waals surface area contributed by atoms with E-state index in [2.05, 4.69) is 12.2 Å². The first-order valence-corrected chi connectivity index (χ1v) is 8.79. The molecule has 1 saturated heterocycles. The molecule has 0 N–H and O–H groups in total. The van der Waals surface area contributed by atoms with Gasteiger partial charge in [-0.15, -0.1) is 0 Å². The molecule has 0 radical (unpaired) electrons. The lowest BCUT2D eigenvalue weighted by atomic mass is 9.63. The lowest BCUT2D eigenvalue weighted by Crippen LogP contribution is -2.40. The Morgan fingerprint density at radius 1 is 0.792 bits per heavy atom. The fourth-order valence-corrected chi connectivity index (χ4v) is 5.60. The van der Waals surface area contributed by atoms with E-state index in [0.29, 0.717) is 11.8 Å². The van der Waals surface area contributed by atoms with Crippen molar-refractivity contribution in [3.05, 3.63) is 54.6 Å². The van der Waals surface area contributed by atoms with E-state index in [9.17, 15) is 9.59 Å². The summed E-state index contributed by atoms with van der Waals surface area (Å²) in [6.45, 7) is 0. The molecule has 3 nitrogen and oxygen atoms in total. The summed E-state index contributed by atoms with van der Waals surface area (Å²) in [7, 11) is 0. The number of allylic oxidation sites excluding steroid dienone is 2. The van der Waals surface area contributed by atoms with Gasteiger partial charge in [0.15, 0.2) is 0 Å². The smallest absolute Gasteiger partial charge is 0.238 e. The van der Waals surface area contributed by atoms with Crippen LogP contribution in [0.4, 0.5) is 5.69 Å². The van der Waals surface area contributed by atoms with Crippen LogP contribution >= 0.6 is 0 Å². The Labute approximate surface area is 139 Å². The summed E-state index contributed by atoms with van der Waals surface area (Å²) in [5.74, 6) is 1.63. The summed E-state index contributed by atoms with van der Waals surface area (Å²) in [6, 6.07) is 13.8. The molecule has 0 unspecified atom stereocenters. The Balaban J connectivity index is 1.52. The maximum absolute atomic E-state index is 13.2. The van der Waals surface area contributed by atoms with Crippen molar-refractivity contribution in [1.82, 2.24) is 0 Å². The van der Waals surface area contributed by atoms with Crippen molar-refractivity contribution in [3.63, 3.8) is 0 Å². The molecule has 5 aliphatic rings. The highest BCUT2D eigenvalue weighted by molar-refractivity contribution is 6.25. The van der Waals surface area contributed by atoms with Crippen LogP contribution in [0.5, 0.6) is 0 Å². The maximum atomic E-state index is 13.2. The topological polar surface area (TPSA) is 37.4 Å². The van der Waals surface area contributed by atoms with Gasteiger partial charge < -0.3 is 0 Å². The molecule has 0 aromatic heterocycles. The van der Waals surface area contributed by atoms with E-state index in [-0.39, 0.29) is 35.5 Å². The van der Waals surface area contributed by atoms with Gasteiger partial charge in [-0.1, -0.05) is 48.6 Å². The second kappa shape index (κ2) is 4.15. The summed E-state index contributed by atoms with van der Waals surface area (Å²) in [5.41, 5.74) is 0.755. The molecular weight excluding hydrogens is 298 g/mol. The lowest BCUT2D eigenvalue weighted by molar-refractivity contribution is -0.124. The number of amides is 2. The number of carbonyl (C=O) groups is 2. The molecule has 118 valence electrons. The summed E-state index contributed by atoms with van der Waals surface area (Å²) >= 11 is 0. The van der Waals surface area contributed by atoms with Gasteiger partial charge in [0.2, 0.25) is 11.8 Å². The predicted molar refractivity (Wildman–Crippen MR) is 91.1 cm³/mol.